The van der Waals surface area contributed by atoms with E-state index >= 15 is 0 Å². The van der Waals surface area contributed by atoms with Crippen molar-refractivity contribution in [1.29, 1.82) is 0 Å². The molecular formula is C11H22N4O2. The molecule has 0 aromatic rings. The minimum Gasteiger partial charge on any atom is -0.313 e. The van der Waals surface area contributed by atoms with E-state index in [1.54, 1.807) is 0 Å². The summed E-state index contributed by atoms with van der Waals surface area (Å²) < 4.78 is 0. The summed E-state index contributed by atoms with van der Waals surface area (Å²) in [5.74, 6) is -0.445. The lowest BCUT2D eigenvalue weighted by Crippen LogP contribution is -2.47. The van der Waals surface area contributed by atoms with Crippen LogP contribution in [0.5, 0.6) is 0 Å². The number of hydrogen-bond donors (Lipinski definition) is 3. The van der Waals surface area contributed by atoms with Crippen molar-refractivity contribution in [3.63, 3.8) is 0 Å². The Morgan fingerprint density at radius 1 is 1.41 bits per heavy atom. The number of nitrogens with zero attached hydrogens (tertiary/aromatic N) is 1. The fraction of sp³-hybridized carbons (Fsp3) is 0.818. The zero-order chi connectivity index (χ0) is 12.7. The quantitative estimate of drug-likeness (QED) is 0.553. The van der Waals surface area contributed by atoms with E-state index in [0.29, 0.717) is 12.6 Å². The third-order valence-electron chi connectivity index (χ3n) is 2.83. The van der Waals surface area contributed by atoms with Crippen LogP contribution in [0, 0.1) is 0 Å². The van der Waals surface area contributed by atoms with Gasteiger partial charge < -0.3 is 5.32 Å². The molecule has 0 aliphatic carbocycles. The van der Waals surface area contributed by atoms with Gasteiger partial charge in [0.2, 0.25) is 5.91 Å². The molecule has 3 N–H and O–H groups in total. The highest BCUT2D eigenvalue weighted by Gasteiger charge is 2.18. The fourth-order valence-corrected chi connectivity index (χ4v) is 1.93. The molecule has 98 valence electrons. The normalized spacial score (nSPS) is 19.4. The molecule has 1 aliphatic rings. The molecule has 1 aliphatic heterocycles. The summed E-state index contributed by atoms with van der Waals surface area (Å²) in [6.45, 7) is 6.48. The van der Waals surface area contributed by atoms with Crippen molar-refractivity contribution in [3.8, 4) is 0 Å². The van der Waals surface area contributed by atoms with Gasteiger partial charge in [0.05, 0.1) is 6.54 Å². The van der Waals surface area contributed by atoms with Crippen LogP contribution < -0.4 is 16.2 Å². The predicted molar refractivity (Wildman–Crippen MR) is 65.1 cm³/mol. The van der Waals surface area contributed by atoms with Crippen LogP contribution in [0.3, 0.4) is 0 Å². The highest BCUT2D eigenvalue weighted by atomic mass is 16.2. The second-order valence-corrected chi connectivity index (χ2v) is 4.35. The summed E-state index contributed by atoms with van der Waals surface area (Å²) in [6, 6.07) is 0.489. The van der Waals surface area contributed by atoms with Crippen LogP contribution in [-0.2, 0) is 9.59 Å². The molecule has 1 unspecified atom stereocenters. The first kappa shape index (κ1) is 13.9. The van der Waals surface area contributed by atoms with Crippen LogP contribution in [0.25, 0.3) is 0 Å². The number of carbonyl (C=O) groups excluding carboxylic acids is 2. The lowest BCUT2D eigenvalue weighted by atomic mass is 10.2. The van der Waals surface area contributed by atoms with E-state index < -0.39 is 0 Å². The topological polar surface area (TPSA) is 73.5 Å². The number of amides is 2. The average Bonchev–Trinajstić information content (AvgIpc) is 2.78. The Morgan fingerprint density at radius 2 is 2.18 bits per heavy atom. The van der Waals surface area contributed by atoms with Gasteiger partial charge in [0.25, 0.3) is 5.91 Å². The van der Waals surface area contributed by atoms with Crippen molar-refractivity contribution in [3.05, 3.63) is 0 Å². The molecule has 0 radical (unpaired) electrons. The molecule has 1 saturated heterocycles. The maximum atomic E-state index is 11.5. The molecule has 6 nitrogen and oxygen atoms in total. The summed E-state index contributed by atoms with van der Waals surface area (Å²) in [5.41, 5.74) is 4.66. The minimum absolute atomic E-state index is 0.181. The van der Waals surface area contributed by atoms with Gasteiger partial charge in [-0.2, -0.15) is 0 Å². The second kappa shape index (κ2) is 7.24. The van der Waals surface area contributed by atoms with Gasteiger partial charge >= 0.3 is 0 Å². The molecular weight excluding hydrogens is 220 g/mol. The van der Waals surface area contributed by atoms with Crippen molar-refractivity contribution in [1.82, 2.24) is 21.1 Å². The van der Waals surface area contributed by atoms with Crippen LogP contribution in [-0.4, -0.2) is 48.9 Å². The molecule has 0 bridgehead atoms. The standard InChI is InChI=1S/C11H22N4O2/c1-3-15(7-10-5-4-6-12-10)8-11(17)14-13-9(2)16/h10,12H,3-8H2,1-2H3,(H,13,16)(H,14,17). The maximum Gasteiger partial charge on any atom is 0.252 e. The van der Waals surface area contributed by atoms with E-state index in [-0.39, 0.29) is 11.8 Å². The second-order valence-electron chi connectivity index (χ2n) is 4.35. The van der Waals surface area contributed by atoms with E-state index in [9.17, 15) is 9.59 Å². The SMILES string of the molecule is CCN(CC(=O)NNC(C)=O)CC1CCCN1. The Bertz CT molecular complexity index is 264. The first-order valence-electron chi connectivity index (χ1n) is 6.13. The molecule has 0 aromatic carbocycles. The number of carbonyl (C=O) groups is 2. The Kier molecular flexibility index (Phi) is 5.93. The number of hydrazine groups is 1. The summed E-state index contributed by atoms with van der Waals surface area (Å²) in [4.78, 5) is 24.2. The van der Waals surface area contributed by atoms with Crippen LogP contribution in [0.15, 0.2) is 0 Å². The summed E-state index contributed by atoms with van der Waals surface area (Å²) in [5, 5.41) is 3.40. The predicted octanol–water partition coefficient (Wildman–Crippen LogP) is -0.772. The third-order valence-corrected chi connectivity index (χ3v) is 2.83. The van der Waals surface area contributed by atoms with Crippen molar-refractivity contribution >= 4 is 11.8 Å². The van der Waals surface area contributed by atoms with Gasteiger partial charge in [-0.15, -0.1) is 0 Å². The van der Waals surface area contributed by atoms with Crippen molar-refractivity contribution in [2.45, 2.75) is 32.7 Å². The van der Waals surface area contributed by atoms with Crippen LogP contribution >= 0.6 is 0 Å². The lowest BCUT2D eigenvalue weighted by molar-refractivity contribution is -0.128. The fourth-order valence-electron chi connectivity index (χ4n) is 1.93. The van der Waals surface area contributed by atoms with Crippen LogP contribution in [0.4, 0.5) is 0 Å². The molecule has 2 amide bonds. The Balaban J connectivity index is 2.24. The largest absolute Gasteiger partial charge is 0.313 e. The molecule has 6 heteroatoms. The summed E-state index contributed by atoms with van der Waals surface area (Å²) in [6.07, 6.45) is 2.38. The summed E-state index contributed by atoms with van der Waals surface area (Å²) >= 11 is 0. The van der Waals surface area contributed by atoms with Gasteiger partial charge in [0.15, 0.2) is 0 Å². The first-order chi connectivity index (χ1) is 8.11. The number of likely N-dealkylation sites (N-methyl/N-ethyl adjacent to an activating group) is 1. The minimum atomic E-state index is -0.265. The average molecular weight is 242 g/mol. The van der Waals surface area contributed by atoms with E-state index in [1.165, 1.54) is 19.8 Å². The van der Waals surface area contributed by atoms with Gasteiger partial charge in [-0.05, 0) is 25.9 Å². The Morgan fingerprint density at radius 3 is 2.71 bits per heavy atom. The Labute approximate surface area is 102 Å². The molecule has 1 heterocycles. The zero-order valence-corrected chi connectivity index (χ0v) is 10.6. The molecule has 1 atom stereocenters. The van der Waals surface area contributed by atoms with Gasteiger partial charge in [-0.25, -0.2) is 0 Å². The first-order valence-corrected chi connectivity index (χ1v) is 6.13. The van der Waals surface area contributed by atoms with E-state index in [0.717, 1.165) is 19.6 Å². The monoisotopic (exact) mass is 242 g/mol. The van der Waals surface area contributed by atoms with Gasteiger partial charge in [0, 0.05) is 19.5 Å². The molecule has 0 spiro atoms. The van der Waals surface area contributed by atoms with E-state index in [1.807, 2.05) is 6.92 Å². The molecule has 1 rings (SSSR count). The lowest BCUT2D eigenvalue weighted by Gasteiger charge is -2.23. The maximum absolute atomic E-state index is 11.5. The molecule has 0 saturated carbocycles. The van der Waals surface area contributed by atoms with Gasteiger partial charge in [-0.3, -0.25) is 25.3 Å². The highest BCUT2D eigenvalue weighted by molar-refractivity contribution is 5.81. The van der Waals surface area contributed by atoms with Crippen molar-refractivity contribution in [2.75, 3.05) is 26.2 Å². The van der Waals surface area contributed by atoms with Gasteiger partial charge in [0.1, 0.15) is 0 Å². The van der Waals surface area contributed by atoms with Crippen molar-refractivity contribution in [2.24, 2.45) is 0 Å². The van der Waals surface area contributed by atoms with E-state index in [4.69, 9.17) is 0 Å². The smallest absolute Gasteiger partial charge is 0.252 e. The molecule has 1 fully saturated rings. The summed E-state index contributed by atoms with van der Waals surface area (Å²) in [7, 11) is 0. The van der Waals surface area contributed by atoms with Crippen LogP contribution in [0.2, 0.25) is 0 Å². The highest BCUT2D eigenvalue weighted by Crippen LogP contribution is 2.06. The number of nitrogens with one attached hydrogen (secondary N) is 3. The van der Waals surface area contributed by atoms with Crippen LogP contribution in [0.1, 0.15) is 26.7 Å². The van der Waals surface area contributed by atoms with Crippen molar-refractivity contribution < 1.29 is 9.59 Å². The number of rotatable bonds is 5. The van der Waals surface area contributed by atoms with E-state index in [2.05, 4.69) is 21.1 Å². The Hall–Kier alpha value is -1.14. The molecule has 0 aromatic heterocycles. The molecule has 17 heavy (non-hydrogen) atoms. The zero-order valence-electron chi connectivity index (χ0n) is 10.6. The van der Waals surface area contributed by atoms with Gasteiger partial charge in [-0.1, -0.05) is 6.92 Å². The third kappa shape index (κ3) is 5.65. The number of hydrogen-bond acceptors (Lipinski definition) is 4.